The molecule has 1 heterocycles. The Morgan fingerprint density at radius 2 is 2.20 bits per heavy atom. The van der Waals surface area contributed by atoms with Crippen LogP contribution in [0.3, 0.4) is 0 Å². The molecule has 0 radical (unpaired) electrons. The Labute approximate surface area is 99.2 Å². The Morgan fingerprint density at radius 3 is 2.93 bits per heavy atom. The lowest BCUT2D eigenvalue weighted by molar-refractivity contribution is 0.458. The maximum atomic E-state index is 3.76. The SMILES string of the molecule is Cn1cc2c(c1Br)CCCC2NC1CC1. The number of hydrogen-bond acceptors (Lipinski definition) is 1. The number of halogens is 1. The molecule has 82 valence electrons. The van der Waals surface area contributed by atoms with Gasteiger partial charge in [-0.2, -0.15) is 0 Å². The van der Waals surface area contributed by atoms with Gasteiger partial charge in [0.25, 0.3) is 0 Å². The minimum atomic E-state index is 0.610. The minimum absolute atomic E-state index is 0.610. The van der Waals surface area contributed by atoms with Gasteiger partial charge in [0, 0.05) is 25.3 Å². The van der Waals surface area contributed by atoms with E-state index in [1.54, 1.807) is 0 Å². The number of nitrogens with zero attached hydrogens (tertiary/aromatic N) is 1. The molecule has 3 heteroatoms. The fraction of sp³-hybridized carbons (Fsp3) is 0.667. The topological polar surface area (TPSA) is 17.0 Å². The average Bonchev–Trinajstić information content (AvgIpc) is 2.98. The number of rotatable bonds is 2. The number of fused-ring (bicyclic) bond motifs is 1. The molecule has 3 rings (SSSR count). The average molecular weight is 269 g/mol. The number of aryl methyl sites for hydroxylation is 1. The molecule has 0 amide bonds. The van der Waals surface area contributed by atoms with Gasteiger partial charge < -0.3 is 9.88 Å². The highest BCUT2D eigenvalue weighted by atomic mass is 79.9. The molecule has 0 aliphatic heterocycles. The quantitative estimate of drug-likeness (QED) is 0.873. The number of aromatic nitrogens is 1. The summed E-state index contributed by atoms with van der Waals surface area (Å²) in [7, 11) is 2.12. The maximum absolute atomic E-state index is 3.76. The molecule has 2 aliphatic rings. The molecule has 0 spiro atoms. The van der Waals surface area contributed by atoms with Crippen LogP contribution in [0.5, 0.6) is 0 Å². The third kappa shape index (κ3) is 1.76. The maximum Gasteiger partial charge on any atom is 0.0879 e. The molecule has 2 aliphatic carbocycles. The van der Waals surface area contributed by atoms with Crippen molar-refractivity contribution in [3.8, 4) is 0 Å². The lowest BCUT2D eigenvalue weighted by Gasteiger charge is -2.23. The van der Waals surface area contributed by atoms with Crippen molar-refractivity contribution >= 4 is 15.9 Å². The predicted octanol–water partition coefficient (Wildman–Crippen LogP) is 2.92. The molecule has 1 unspecified atom stereocenters. The fourth-order valence-electron chi connectivity index (χ4n) is 2.57. The zero-order chi connectivity index (χ0) is 10.4. The first-order valence-electron chi connectivity index (χ1n) is 5.85. The van der Waals surface area contributed by atoms with E-state index in [-0.39, 0.29) is 0 Å². The van der Waals surface area contributed by atoms with E-state index in [0.717, 1.165) is 6.04 Å². The summed E-state index contributed by atoms with van der Waals surface area (Å²) in [6.07, 6.45) is 8.90. The van der Waals surface area contributed by atoms with Crippen molar-refractivity contribution in [2.45, 2.75) is 44.2 Å². The standard InChI is InChI=1S/C12H17BrN2/c1-15-7-10-9(12(15)13)3-2-4-11(10)14-8-5-6-8/h7-8,11,14H,2-6H2,1H3. The van der Waals surface area contributed by atoms with Crippen LogP contribution < -0.4 is 5.32 Å². The van der Waals surface area contributed by atoms with E-state index in [1.807, 2.05) is 0 Å². The van der Waals surface area contributed by atoms with E-state index >= 15 is 0 Å². The molecule has 1 saturated carbocycles. The van der Waals surface area contributed by atoms with Gasteiger partial charge in [0.05, 0.1) is 4.60 Å². The molecule has 0 bridgehead atoms. The van der Waals surface area contributed by atoms with E-state index in [4.69, 9.17) is 0 Å². The summed E-state index contributed by atoms with van der Waals surface area (Å²) in [6.45, 7) is 0. The Bertz CT molecular complexity index is 379. The Hall–Kier alpha value is -0.280. The summed E-state index contributed by atoms with van der Waals surface area (Å²) in [5.74, 6) is 0. The Morgan fingerprint density at radius 1 is 1.40 bits per heavy atom. The lowest BCUT2D eigenvalue weighted by atomic mass is 9.91. The first-order valence-corrected chi connectivity index (χ1v) is 6.64. The molecule has 15 heavy (non-hydrogen) atoms. The molecule has 1 aromatic heterocycles. The molecule has 2 nitrogen and oxygen atoms in total. The van der Waals surface area contributed by atoms with Crippen LogP contribution in [0.4, 0.5) is 0 Å². The summed E-state index contributed by atoms with van der Waals surface area (Å²) in [5, 5.41) is 3.76. The summed E-state index contributed by atoms with van der Waals surface area (Å²) in [5.41, 5.74) is 3.06. The van der Waals surface area contributed by atoms with E-state index in [9.17, 15) is 0 Å². The molecular formula is C12H17BrN2. The van der Waals surface area contributed by atoms with Crippen molar-refractivity contribution in [2.75, 3.05) is 0 Å². The second kappa shape index (κ2) is 3.63. The number of hydrogen-bond donors (Lipinski definition) is 1. The van der Waals surface area contributed by atoms with Gasteiger partial charge in [-0.3, -0.25) is 0 Å². The van der Waals surface area contributed by atoms with Crippen molar-refractivity contribution in [3.63, 3.8) is 0 Å². The summed E-state index contributed by atoms with van der Waals surface area (Å²) in [6, 6.07) is 1.42. The molecule has 1 aromatic rings. The monoisotopic (exact) mass is 268 g/mol. The Kier molecular flexibility index (Phi) is 2.40. The molecule has 1 fully saturated rings. The summed E-state index contributed by atoms with van der Waals surface area (Å²) < 4.78 is 3.48. The summed E-state index contributed by atoms with van der Waals surface area (Å²) in [4.78, 5) is 0. The Balaban J connectivity index is 1.91. The highest BCUT2D eigenvalue weighted by Crippen LogP contribution is 2.37. The fourth-order valence-corrected chi connectivity index (χ4v) is 3.10. The first kappa shape index (κ1) is 9.91. The van der Waals surface area contributed by atoms with Crippen molar-refractivity contribution in [3.05, 3.63) is 21.9 Å². The van der Waals surface area contributed by atoms with Crippen LogP contribution in [0.15, 0.2) is 10.8 Å². The van der Waals surface area contributed by atoms with Crippen LogP contribution >= 0.6 is 15.9 Å². The van der Waals surface area contributed by atoms with E-state index in [2.05, 4.69) is 39.1 Å². The third-order valence-electron chi connectivity index (χ3n) is 3.55. The smallest absolute Gasteiger partial charge is 0.0879 e. The summed E-state index contributed by atoms with van der Waals surface area (Å²) >= 11 is 3.68. The van der Waals surface area contributed by atoms with Crippen molar-refractivity contribution in [2.24, 2.45) is 7.05 Å². The molecule has 0 saturated heterocycles. The van der Waals surface area contributed by atoms with Crippen LogP contribution in [-0.4, -0.2) is 10.6 Å². The van der Waals surface area contributed by atoms with Gasteiger partial charge in [0.2, 0.25) is 0 Å². The van der Waals surface area contributed by atoms with Gasteiger partial charge in [-0.05, 0) is 59.2 Å². The minimum Gasteiger partial charge on any atom is -0.345 e. The van der Waals surface area contributed by atoms with E-state index in [0.29, 0.717) is 6.04 Å². The predicted molar refractivity (Wildman–Crippen MR) is 64.9 cm³/mol. The largest absolute Gasteiger partial charge is 0.345 e. The lowest BCUT2D eigenvalue weighted by Crippen LogP contribution is -2.26. The third-order valence-corrected chi connectivity index (χ3v) is 4.59. The van der Waals surface area contributed by atoms with Gasteiger partial charge in [0.15, 0.2) is 0 Å². The van der Waals surface area contributed by atoms with Crippen molar-refractivity contribution < 1.29 is 0 Å². The van der Waals surface area contributed by atoms with Gasteiger partial charge >= 0.3 is 0 Å². The van der Waals surface area contributed by atoms with E-state index in [1.165, 1.54) is 47.8 Å². The van der Waals surface area contributed by atoms with Gasteiger partial charge in [-0.25, -0.2) is 0 Å². The zero-order valence-electron chi connectivity index (χ0n) is 9.09. The van der Waals surface area contributed by atoms with Crippen LogP contribution in [-0.2, 0) is 13.5 Å². The van der Waals surface area contributed by atoms with Crippen molar-refractivity contribution in [1.82, 2.24) is 9.88 Å². The second-order valence-corrected chi connectivity index (χ2v) is 5.60. The molecule has 1 atom stereocenters. The van der Waals surface area contributed by atoms with Crippen LogP contribution in [0, 0.1) is 0 Å². The van der Waals surface area contributed by atoms with Crippen LogP contribution in [0.1, 0.15) is 42.9 Å². The van der Waals surface area contributed by atoms with Gasteiger partial charge in [0.1, 0.15) is 0 Å². The van der Waals surface area contributed by atoms with Gasteiger partial charge in [-0.1, -0.05) is 0 Å². The molecule has 0 aromatic carbocycles. The number of nitrogens with one attached hydrogen (secondary N) is 1. The van der Waals surface area contributed by atoms with Gasteiger partial charge in [-0.15, -0.1) is 0 Å². The van der Waals surface area contributed by atoms with E-state index < -0.39 is 0 Å². The molecular weight excluding hydrogens is 252 g/mol. The highest BCUT2D eigenvalue weighted by molar-refractivity contribution is 9.10. The zero-order valence-corrected chi connectivity index (χ0v) is 10.7. The molecule has 1 N–H and O–H groups in total. The normalized spacial score (nSPS) is 25.3. The van der Waals surface area contributed by atoms with Crippen LogP contribution in [0.25, 0.3) is 0 Å². The second-order valence-electron chi connectivity index (χ2n) is 4.85. The van der Waals surface area contributed by atoms with Crippen LogP contribution in [0.2, 0.25) is 0 Å². The first-order chi connectivity index (χ1) is 7.25. The highest BCUT2D eigenvalue weighted by Gasteiger charge is 2.29. The van der Waals surface area contributed by atoms with Crippen molar-refractivity contribution in [1.29, 1.82) is 0 Å².